The predicted molar refractivity (Wildman–Crippen MR) is 120 cm³/mol. The number of nitrogens with one attached hydrogen (secondary N) is 1. The van der Waals surface area contributed by atoms with Crippen LogP contribution >= 0.6 is 0 Å². The van der Waals surface area contributed by atoms with Gasteiger partial charge in [0.1, 0.15) is 11.6 Å². The molecule has 5 nitrogen and oxygen atoms in total. The molecule has 0 unspecified atom stereocenters. The van der Waals surface area contributed by atoms with Crippen LogP contribution in [0.15, 0.2) is 53.3 Å². The molecular weight excluding hydrogens is 500 g/mol. The largest absolute Gasteiger partial charge is 0.416 e. The maximum atomic E-state index is 15.1. The van der Waals surface area contributed by atoms with Gasteiger partial charge in [-0.15, -0.1) is 0 Å². The first-order valence-electron chi connectivity index (χ1n) is 11.7. The first-order chi connectivity index (χ1) is 17.4. The van der Waals surface area contributed by atoms with E-state index >= 15 is 8.78 Å². The quantitative estimate of drug-likeness (QED) is 0.488. The molecule has 2 heterocycles. The van der Waals surface area contributed by atoms with E-state index in [0.29, 0.717) is 36.0 Å². The predicted octanol–water partition coefficient (Wildman–Crippen LogP) is 5.07. The van der Waals surface area contributed by atoms with Crippen molar-refractivity contribution >= 4 is 5.91 Å². The molecule has 3 aromatic rings. The maximum absolute atomic E-state index is 15.1. The minimum absolute atomic E-state index is 0.0458. The molecule has 0 bridgehead atoms. The minimum atomic E-state index is -4.85. The van der Waals surface area contributed by atoms with Crippen molar-refractivity contribution < 1.29 is 31.1 Å². The normalized spacial score (nSPS) is 17.2. The fourth-order valence-corrected chi connectivity index (χ4v) is 4.81. The molecule has 2 aromatic carbocycles. The number of hydrogen-bond donors (Lipinski definition) is 1. The van der Waals surface area contributed by atoms with Crippen molar-refractivity contribution in [2.45, 2.75) is 49.7 Å². The number of fused-ring (bicyclic) bond motifs is 1. The number of carbonyl (C=O) groups is 1. The van der Waals surface area contributed by atoms with Crippen molar-refractivity contribution in [3.8, 4) is 0 Å². The molecule has 194 valence electrons. The van der Waals surface area contributed by atoms with Crippen molar-refractivity contribution in [2.24, 2.45) is 0 Å². The summed E-state index contributed by atoms with van der Waals surface area (Å²) in [7, 11) is 0. The fraction of sp³-hybridized carbons (Fsp3) is 0.346. The first kappa shape index (κ1) is 25.0. The molecule has 11 heteroatoms. The third-order valence-electron chi connectivity index (χ3n) is 6.98. The standard InChI is InChI=1S/C26H21F6N3O2/c27-18-7-2-4-15(13-18)24(9-10-24)22-33-20-8-3-11-35(14-19(20)21(36)34-22)23(37)25(28,29)16-5-1-6-17(12-16)26(30,31)32/h1-2,4-7,12-13H,3,8-11,14H2,(H,33,34,36). The third-order valence-corrected chi connectivity index (χ3v) is 6.98. The summed E-state index contributed by atoms with van der Waals surface area (Å²) in [6.07, 6.45) is -3.10. The monoisotopic (exact) mass is 521 g/mol. The van der Waals surface area contributed by atoms with E-state index in [1.165, 1.54) is 12.1 Å². The molecule has 0 radical (unpaired) electrons. The summed E-state index contributed by atoms with van der Waals surface area (Å²) in [5.41, 5.74) is -2.53. The van der Waals surface area contributed by atoms with E-state index in [4.69, 9.17) is 0 Å². The van der Waals surface area contributed by atoms with Crippen molar-refractivity contribution in [3.63, 3.8) is 0 Å². The summed E-state index contributed by atoms with van der Waals surface area (Å²) < 4.78 is 83.0. The van der Waals surface area contributed by atoms with E-state index < -0.39 is 52.5 Å². The molecule has 1 saturated carbocycles. The van der Waals surface area contributed by atoms with Gasteiger partial charge >= 0.3 is 12.1 Å². The van der Waals surface area contributed by atoms with Crippen LogP contribution in [0.2, 0.25) is 0 Å². The number of aryl methyl sites for hydroxylation is 1. The Morgan fingerprint density at radius 1 is 1.00 bits per heavy atom. The third kappa shape index (κ3) is 4.51. The molecule has 5 rings (SSSR count). The van der Waals surface area contributed by atoms with Gasteiger partial charge in [0.2, 0.25) is 0 Å². The topological polar surface area (TPSA) is 66.1 Å². The van der Waals surface area contributed by atoms with E-state index in [1.54, 1.807) is 12.1 Å². The highest BCUT2D eigenvalue weighted by Gasteiger charge is 2.49. The molecule has 1 aliphatic carbocycles. The molecule has 0 atom stereocenters. The van der Waals surface area contributed by atoms with E-state index in [0.717, 1.165) is 17.0 Å². The average molecular weight is 521 g/mol. The van der Waals surface area contributed by atoms with E-state index in [1.807, 2.05) is 0 Å². The Kier molecular flexibility index (Phi) is 5.91. The number of benzene rings is 2. The van der Waals surface area contributed by atoms with E-state index in [-0.39, 0.29) is 31.0 Å². The highest BCUT2D eigenvalue weighted by Crippen LogP contribution is 2.52. The molecule has 2 aliphatic rings. The first-order valence-corrected chi connectivity index (χ1v) is 11.7. The van der Waals surface area contributed by atoms with Crippen LogP contribution in [0.5, 0.6) is 0 Å². The van der Waals surface area contributed by atoms with Crippen LogP contribution in [0.25, 0.3) is 0 Å². The van der Waals surface area contributed by atoms with Gasteiger partial charge in [-0.05, 0) is 55.5 Å². The summed E-state index contributed by atoms with van der Waals surface area (Å²) in [6.45, 7) is -0.591. The van der Waals surface area contributed by atoms with Crippen molar-refractivity contribution in [1.82, 2.24) is 14.9 Å². The molecule has 1 aliphatic heterocycles. The van der Waals surface area contributed by atoms with Gasteiger partial charge in [-0.25, -0.2) is 9.37 Å². The van der Waals surface area contributed by atoms with Gasteiger partial charge in [0, 0.05) is 12.1 Å². The summed E-state index contributed by atoms with van der Waals surface area (Å²) in [4.78, 5) is 33.9. The van der Waals surface area contributed by atoms with Gasteiger partial charge < -0.3 is 9.88 Å². The van der Waals surface area contributed by atoms with Crippen molar-refractivity contribution in [3.05, 3.63) is 98.5 Å². The molecule has 1 aromatic heterocycles. The number of alkyl halides is 5. The van der Waals surface area contributed by atoms with Gasteiger partial charge in [0.15, 0.2) is 0 Å². The lowest BCUT2D eigenvalue weighted by atomic mass is 9.94. The smallest absolute Gasteiger partial charge is 0.333 e. The summed E-state index contributed by atoms with van der Waals surface area (Å²) in [5, 5.41) is 0. The van der Waals surface area contributed by atoms with Gasteiger partial charge in [-0.1, -0.05) is 24.3 Å². The Morgan fingerprint density at radius 2 is 1.70 bits per heavy atom. The molecule has 1 fully saturated rings. The van der Waals surface area contributed by atoms with Crippen molar-refractivity contribution in [1.29, 1.82) is 0 Å². The maximum Gasteiger partial charge on any atom is 0.416 e. The zero-order chi connectivity index (χ0) is 26.6. The number of aromatic amines is 1. The van der Waals surface area contributed by atoms with Crippen LogP contribution in [0.3, 0.4) is 0 Å². The molecule has 1 N–H and O–H groups in total. The lowest BCUT2D eigenvalue weighted by molar-refractivity contribution is -0.160. The van der Waals surface area contributed by atoms with Crippen LogP contribution in [-0.2, 0) is 35.3 Å². The highest BCUT2D eigenvalue weighted by molar-refractivity contribution is 5.85. The van der Waals surface area contributed by atoms with Crippen LogP contribution in [-0.4, -0.2) is 27.3 Å². The Labute approximate surface area is 207 Å². The van der Waals surface area contributed by atoms with Crippen LogP contribution in [0.1, 0.15) is 53.0 Å². The zero-order valence-corrected chi connectivity index (χ0v) is 19.3. The molecular formula is C26H21F6N3O2. The zero-order valence-electron chi connectivity index (χ0n) is 19.3. The second kappa shape index (κ2) is 8.74. The average Bonchev–Trinajstić information content (AvgIpc) is 3.68. The lowest BCUT2D eigenvalue weighted by Gasteiger charge is -2.26. The Morgan fingerprint density at radius 3 is 2.38 bits per heavy atom. The Bertz CT molecular complexity index is 1430. The number of H-pyrrole nitrogens is 1. The van der Waals surface area contributed by atoms with Gasteiger partial charge in [-0.3, -0.25) is 9.59 Å². The molecule has 0 saturated heterocycles. The number of rotatable bonds is 4. The van der Waals surface area contributed by atoms with Gasteiger partial charge in [0.25, 0.3) is 11.5 Å². The number of aromatic nitrogens is 2. The molecule has 1 amide bonds. The van der Waals surface area contributed by atoms with E-state index in [9.17, 15) is 27.2 Å². The second-order valence-electron chi connectivity index (χ2n) is 9.42. The van der Waals surface area contributed by atoms with Gasteiger partial charge in [-0.2, -0.15) is 22.0 Å². The highest BCUT2D eigenvalue weighted by atomic mass is 19.4. The number of carbonyl (C=O) groups excluding carboxylic acids is 1. The molecule has 0 spiro atoms. The summed E-state index contributed by atoms with van der Waals surface area (Å²) >= 11 is 0. The second-order valence-corrected chi connectivity index (χ2v) is 9.42. The minimum Gasteiger partial charge on any atom is -0.333 e. The number of halogens is 6. The van der Waals surface area contributed by atoms with Crippen LogP contribution in [0, 0.1) is 5.82 Å². The van der Waals surface area contributed by atoms with Crippen molar-refractivity contribution in [2.75, 3.05) is 6.54 Å². The SMILES string of the molecule is O=C(N1CCCc2nc(C3(c4cccc(F)c4)CC3)[nH]c(=O)c2C1)C(F)(F)c1cccc(C(F)(F)F)c1. The number of amides is 1. The Balaban J connectivity index is 1.44. The van der Waals surface area contributed by atoms with E-state index in [2.05, 4.69) is 9.97 Å². The van der Waals surface area contributed by atoms with Gasteiger partial charge in [0.05, 0.1) is 28.8 Å². The molecule has 37 heavy (non-hydrogen) atoms. The summed E-state index contributed by atoms with van der Waals surface area (Å²) in [5.74, 6) is -5.99. The lowest BCUT2D eigenvalue weighted by Crippen LogP contribution is -2.42. The Hall–Kier alpha value is -3.63. The fourth-order valence-electron chi connectivity index (χ4n) is 4.81. The summed E-state index contributed by atoms with van der Waals surface area (Å²) in [6, 6.07) is 8.50. The van der Waals surface area contributed by atoms with Crippen LogP contribution < -0.4 is 5.56 Å². The van der Waals surface area contributed by atoms with Crippen LogP contribution in [0.4, 0.5) is 26.3 Å². The number of nitrogens with zero attached hydrogens (tertiary/aromatic N) is 2. The number of hydrogen-bond acceptors (Lipinski definition) is 3.